The molecule has 7 heteroatoms. The normalized spacial score (nSPS) is 10.8. The minimum atomic E-state index is -0.561. The van der Waals surface area contributed by atoms with Crippen LogP contribution in [-0.2, 0) is 13.6 Å². The summed E-state index contributed by atoms with van der Waals surface area (Å²) in [5, 5.41) is 2.72. The average molecular weight is 348 g/mol. The van der Waals surface area contributed by atoms with Gasteiger partial charge in [-0.15, -0.1) is 0 Å². The van der Waals surface area contributed by atoms with Gasteiger partial charge in [0.25, 0.3) is 5.91 Å². The molecule has 3 rings (SSSR count). The molecule has 1 N–H and O–H groups in total. The lowest BCUT2D eigenvalue weighted by atomic mass is 10.1. The maximum Gasteiger partial charge on any atom is 0.251 e. The van der Waals surface area contributed by atoms with Crippen molar-refractivity contribution in [1.82, 2.24) is 14.9 Å². The van der Waals surface area contributed by atoms with E-state index in [-0.39, 0.29) is 23.0 Å². The number of hydrogen-bond donors (Lipinski definition) is 1. The second kappa shape index (κ2) is 6.49. The van der Waals surface area contributed by atoms with Gasteiger partial charge < -0.3 is 14.6 Å². The monoisotopic (exact) mass is 347 g/mol. The first-order valence-electron chi connectivity index (χ1n) is 7.21. The number of nitrogens with one attached hydrogen (secondary N) is 1. The van der Waals surface area contributed by atoms with Crippen molar-refractivity contribution >= 4 is 28.5 Å². The standard InChI is InChI=1S/C17H15ClFN3O2/c1-22-9-21-14-5-6-15(24-2)11(16(14)22)8-20-17(23)10-3-4-13(19)12(18)7-10/h3-7,9H,8H2,1-2H3,(H,20,23). The van der Waals surface area contributed by atoms with Gasteiger partial charge in [0.05, 0.1) is 29.5 Å². The van der Waals surface area contributed by atoms with E-state index in [1.54, 1.807) is 13.4 Å². The fourth-order valence-corrected chi connectivity index (χ4v) is 2.76. The van der Waals surface area contributed by atoms with E-state index in [4.69, 9.17) is 16.3 Å². The Balaban J connectivity index is 1.88. The lowest BCUT2D eigenvalue weighted by Crippen LogP contribution is -2.23. The molecule has 0 unspecified atom stereocenters. The predicted octanol–water partition coefficient (Wildman–Crippen LogP) is 3.30. The molecular formula is C17H15ClFN3O2. The summed E-state index contributed by atoms with van der Waals surface area (Å²) in [6.45, 7) is 0.244. The highest BCUT2D eigenvalue weighted by atomic mass is 35.5. The molecule has 0 saturated heterocycles. The van der Waals surface area contributed by atoms with Gasteiger partial charge in [-0.2, -0.15) is 0 Å². The maximum atomic E-state index is 13.2. The Morgan fingerprint density at radius 1 is 1.38 bits per heavy atom. The summed E-state index contributed by atoms with van der Waals surface area (Å²) in [6, 6.07) is 7.52. The number of aryl methyl sites for hydroxylation is 1. The van der Waals surface area contributed by atoms with Gasteiger partial charge >= 0.3 is 0 Å². The molecule has 0 radical (unpaired) electrons. The van der Waals surface area contributed by atoms with E-state index >= 15 is 0 Å². The zero-order chi connectivity index (χ0) is 17.3. The molecule has 1 amide bonds. The molecule has 1 heterocycles. The van der Waals surface area contributed by atoms with Gasteiger partial charge in [-0.3, -0.25) is 4.79 Å². The average Bonchev–Trinajstić information content (AvgIpc) is 2.96. The van der Waals surface area contributed by atoms with Crippen molar-refractivity contribution in [3.05, 3.63) is 58.6 Å². The summed E-state index contributed by atoms with van der Waals surface area (Å²) >= 11 is 5.72. The molecule has 5 nitrogen and oxygen atoms in total. The Labute approximate surface area is 143 Å². The lowest BCUT2D eigenvalue weighted by Gasteiger charge is -2.12. The van der Waals surface area contributed by atoms with Crippen molar-refractivity contribution in [2.75, 3.05) is 7.11 Å². The van der Waals surface area contributed by atoms with Crippen molar-refractivity contribution in [3.8, 4) is 5.75 Å². The molecular weight excluding hydrogens is 333 g/mol. The number of ether oxygens (including phenoxy) is 1. The second-order valence-electron chi connectivity index (χ2n) is 5.28. The van der Waals surface area contributed by atoms with Crippen molar-refractivity contribution in [1.29, 1.82) is 0 Å². The highest BCUT2D eigenvalue weighted by Gasteiger charge is 2.14. The molecule has 0 aliphatic carbocycles. The molecule has 24 heavy (non-hydrogen) atoms. The highest BCUT2D eigenvalue weighted by Crippen LogP contribution is 2.27. The third kappa shape index (κ3) is 2.92. The molecule has 0 aliphatic rings. The van der Waals surface area contributed by atoms with Crippen molar-refractivity contribution in [2.24, 2.45) is 7.05 Å². The first-order valence-corrected chi connectivity index (χ1v) is 7.59. The van der Waals surface area contributed by atoms with Crippen LogP contribution in [0.1, 0.15) is 15.9 Å². The van der Waals surface area contributed by atoms with Crippen LogP contribution < -0.4 is 10.1 Å². The van der Waals surface area contributed by atoms with Gasteiger partial charge in [0.1, 0.15) is 11.6 Å². The van der Waals surface area contributed by atoms with Crippen LogP contribution in [0.4, 0.5) is 4.39 Å². The summed E-state index contributed by atoms with van der Waals surface area (Å²) in [6.07, 6.45) is 1.70. The summed E-state index contributed by atoms with van der Waals surface area (Å²) in [5.74, 6) is -0.254. The Hall–Kier alpha value is -2.60. The van der Waals surface area contributed by atoms with E-state index in [1.807, 2.05) is 23.7 Å². The first-order chi connectivity index (χ1) is 11.5. The number of carbonyl (C=O) groups excluding carboxylic acids is 1. The SMILES string of the molecule is COc1ccc2ncn(C)c2c1CNC(=O)c1ccc(F)c(Cl)c1. The van der Waals surface area contributed by atoms with Crippen LogP contribution in [0.15, 0.2) is 36.7 Å². The van der Waals surface area contributed by atoms with Gasteiger partial charge in [-0.1, -0.05) is 11.6 Å². The number of aromatic nitrogens is 2. The van der Waals surface area contributed by atoms with Crippen molar-refractivity contribution in [3.63, 3.8) is 0 Å². The zero-order valence-corrected chi connectivity index (χ0v) is 13.9. The Morgan fingerprint density at radius 3 is 2.88 bits per heavy atom. The molecule has 0 saturated carbocycles. The van der Waals surface area contributed by atoms with E-state index in [2.05, 4.69) is 10.3 Å². The zero-order valence-electron chi connectivity index (χ0n) is 13.1. The molecule has 124 valence electrons. The van der Waals surface area contributed by atoms with E-state index in [0.29, 0.717) is 5.75 Å². The molecule has 1 aromatic heterocycles. The number of benzene rings is 2. The van der Waals surface area contributed by atoms with Crippen LogP contribution in [-0.4, -0.2) is 22.6 Å². The topological polar surface area (TPSA) is 56.1 Å². The number of rotatable bonds is 4. The van der Waals surface area contributed by atoms with Crippen LogP contribution in [0.5, 0.6) is 5.75 Å². The number of fused-ring (bicyclic) bond motifs is 1. The first kappa shape index (κ1) is 16.3. The van der Waals surface area contributed by atoms with E-state index in [9.17, 15) is 9.18 Å². The van der Waals surface area contributed by atoms with Gasteiger partial charge in [0.15, 0.2) is 0 Å². The number of methoxy groups -OCH3 is 1. The minimum absolute atomic E-state index is 0.0889. The Morgan fingerprint density at radius 2 is 2.17 bits per heavy atom. The fourth-order valence-electron chi connectivity index (χ4n) is 2.58. The van der Waals surface area contributed by atoms with Crippen LogP contribution in [0, 0.1) is 5.82 Å². The molecule has 0 aliphatic heterocycles. The lowest BCUT2D eigenvalue weighted by molar-refractivity contribution is 0.0951. The summed E-state index contributed by atoms with van der Waals surface area (Å²) in [5.41, 5.74) is 2.80. The Kier molecular flexibility index (Phi) is 4.40. The van der Waals surface area contributed by atoms with Gasteiger partial charge in [-0.25, -0.2) is 9.37 Å². The number of halogens is 2. The Bertz CT molecular complexity index is 924. The van der Waals surface area contributed by atoms with Crippen LogP contribution in [0.25, 0.3) is 11.0 Å². The van der Waals surface area contributed by atoms with Gasteiger partial charge in [0.2, 0.25) is 0 Å². The third-order valence-electron chi connectivity index (χ3n) is 3.77. The van der Waals surface area contributed by atoms with Crippen molar-refractivity contribution in [2.45, 2.75) is 6.54 Å². The number of amides is 1. The van der Waals surface area contributed by atoms with Crippen molar-refractivity contribution < 1.29 is 13.9 Å². The maximum absolute atomic E-state index is 13.2. The third-order valence-corrected chi connectivity index (χ3v) is 4.06. The summed E-state index contributed by atoms with van der Waals surface area (Å²) in [7, 11) is 3.45. The number of carbonyl (C=O) groups is 1. The molecule has 0 fully saturated rings. The van der Waals surface area contributed by atoms with E-state index in [1.165, 1.54) is 18.2 Å². The molecule has 0 spiro atoms. The quantitative estimate of drug-likeness (QED) is 0.787. The molecule has 2 aromatic carbocycles. The van der Waals surface area contributed by atoms with Crippen LogP contribution >= 0.6 is 11.6 Å². The smallest absolute Gasteiger partial charge is 0.251 e. The number of hydrogen-bond acceptors (Lipinski definition) is 3. The van der Waals surface area contributed by atoms with Gasteiger partial charge in [0, 0.05) is 24.7 Å². The summed E-state index contributed by atoms with van der Waals surface area (Å²) in [4.78, 5) is 16.6. The summed E-state index contributed by atoms with van der Waals surface area (Å²) < 4.78 is 20.5. The van der Waals surface area contributed by atoms with E-state index < -0.39 is 5.82 Å². The number of nitrogens with zero attached hydrogens (tertiary/aromatic N) is 2. The van der Waals surface area contributed by atoms with Crippen LogP contribution in [0.2, 0.25) is 5.02 Å². The largest absolute Gasteiger partial charge is 0.496 e. The van der Waals surface area contributed by atoms with Crippen LogP contribution in [0.3, 0.4) is 0 Å². The minimum Gasteiger partial charge on any atom is -0.496 e. The highest BCUT2D eigenvalue weighted by molar-refractivity contribution is 6.31. The second-order valence-corrected chi connectivity index (χ2v) is 5.69. The molecule has 0 atom stereocenters. The van der Waals surface area contributed by atoms with E-state index in [0.717, 1.165) is 16.6 Å². The number of imidazole rings is 1. The van der Waals surface area contributed by atoms with Gasteiger partial charge in [-0.05, 0) is 30.3 Å². The predicted molar refractivity (Wildman–Crippen MR) is 89.8 cm³/mol. The molecule has 0 bridgehead atoms. The fraction of sp³-hybridized carbons (Fsp3) is 0.176. The molecule has 3 aromatic rings.